The summed E-state index contributed by atoms with van der Waals surface area (Å²) in [6, 6.07) is 6.22. The molecule has 1 amide bonds. The van der Waals surface area contributed by atoms with Gasteiger partial charge in [0.15, 0.2) is 0 Å². The highest BCUT2D eigenvalue weighted by Gasteiger charge is 2.11. The maximum Gasteiger partial charge on any atom is 0.256 e. The zero-order valence-corrected chi connectivity index (χ0v) is 11.6. The lowest BCUT2D eigenvalue weighted by Gasteiger charge is -2.05. The number of aliphatic hydroxyl groups is 1. The number of halogens is 1. The number of aliphatic hydroxyl groups excluding tert-OH is 1. The highest BCUT2D eigenvalue weighted by molar-refractivity contribution is 7.10. The number of hydrogen-bond acceptors (Lipinski definition) is 3. The molecule has 2 N–H and O–H groups in total. The van der Waals surface area contributed by atoms with Crippen LogP contribution < -0.4 is 5.32 Å². The lowest BCUT2D eigenvalue weighted by atomic mass is 10.2. The zero-order valence-electron chi connectivity index (χ0n) is 10.7. The van der Waals surface area contributed by atoms with Gasteiger partial charge in [0.05, 0.1) is 16.1 Å². The van der Waals surface area contributed by atoms with Crippen molar-refractivity contribution in [3.05, 3.63) is 51.5 Å². The Balaban J connectivity index is 2.13. The van der Waals surface area contributed by atoms with E-state index < -0.39 is 5.82 Å². The molecule has 102 valence electrons. The van der Waals surface area contributed by atoms with Crippen molar-refractivity contribution >= 4 is 22.9 Å². The van der Waals surface area contributed by atoms with E-state index in [-0.39, 0.29) is 18.2 Å². The van der Waals surface area contributed by atoms with Gasteiger partial charge in [-0.1, -0.05) is 17.9 Å². The van der Waals surface area contributed by atoms with Crippen LogP contribution in [0.2, 0.25) is 0 Å². The van der Waals surface area contributed by atoms with Crippen LogP contribution in [0.3, 0.4) is 0 Å². The van der Waals surface area contributed by atoms with Crippen LogP contribution in [0, 0.1) is 24.6 Å². The summed E-state index contributed by atoms with van der Waals surface area (Å²) >= 11 is 1.30. The Bertz CT molecular complexity index is 697. The summed E-state index contributed by atoms with van der Waals surface area (Å²) in [6.07, 6.45) is 0. The SMILES string of the molecule is Cc1ccc(NC(=O)c2csc(C#CCO)c2)c(F)c1. The van der Waals surface area contributed by atoms with E-state index in [4.69, 9.17) is 5.11 Å². The average molecular weight is 289 g/mol. The minimum absolute atomic E-state index is 0.148. The zero-order chi connectivity index (χ0) is 14.5. The first-order chi connectivity index (χ1) is 9.60. The summed E-state index contributed by atoms with van der Waals surface area (Å²) in [5, 5.41) is 12.8. The molecule has 0 atom stereocenters. The van der Waals surface area contributed by atoms with Gasteiger partial charge in [0.2, 0.25) is 0 Å². The third kappa shape index (κ3) is 3.44. The van der Waals surface area contributed by atoms with Crippen molar-refractivity contribution in [3.8, 4) is 11.8 Å². The third-order valence-corrected chi connectivity index (χ3v) is 3.37. The van der Waals surface area contributed by atoms with Gasteiger partial charge >= 0.3 is 0 Å². The van der Waals surface area contributed by atoms with Crippen LogP contribution >= 0.6 is 11.3 Å². The number of benzene rings is 1. The number of anilines is 1. The Morgan fingerprint density at radius 3 is 2.95 bits per heavy atom. The van der Waals surface area contributed by atoms with Crippen LogP contribution in [0.5, 0.6) is 0 Å². The summed E-state index contributed by atoms with van der Waals surface area (Å²) in [5.41, 5.74) is 1.35. The summed E-state index contributed by atoms with van der Waals surface area (Å²) in [4.78, 5) is 12.6. The first-order valence-electron chi connectivity index (χ1n) is 5.86. The van der Waals surface area contributed by atoms with E-state index in [1.165, 1.54) is 23.5 Å². The van der Waals surface area contributed by atoms with Crippen molar-refractivity contribution in [3.63, 3.8) is 0 Å². The second-order valence-electron chi connectivity index (χ2n) is 4.10. The number of carbonyl (C=O) groups is 1. The molecule has 0 spiro atoms. The molecule has 1 aromatic heterocycles. The van der Waals surface area contributed by atoms with Gasteiger partial charge < -0.3 is 10.4 Å². The van der Waals surface area contributed by atoms with Crippen LogP contribution in [-0.4, -0.2) is 17.6 Å². The van der Waals surface area contributed by atoms with Gasteiger partial charge in [0.1, 0.15) is 12.4 Å². The lowest BCUT2D eigenvalue weighted by Crippen LogP contribution is -2.12. The van der Waals surface area contributed by atoms with Crippen molar-refractivity contribution in [2.75, 3.05) is 11.9 Å². The van der Waals surface area contributed by atoms with E-state index in [0.29, 0.717) is 10.4 Å². The Morgan fingerprint density at radius 2 is 2.25 bits per heavy atom. The minimum Gasteiger partial charge on any atom is -0.384 e. The second kappa shape index (κ2) is 6.33. The molecule has 2 aromatic rings. The van der Waals surface area contributed by atoms with E-state index in [2.05, 4.69) is 17.2 Å². The van der Waals surface area contributed by atoms with Gasteiger partial charge in [-0.05, 0) is 30.7 Å². The molecule has 3 nitrogen and oxygen atoms in total. The van der Waals surface area contributed by atoms with Crippen molar-refractivity contribution in [2.24, 2.45) is 0 Å². The topological polar surface area (TPSA) is 49.3 Å². The Hall–Kier alpha value is -2.16. The first-order valence-corrected chi connectivity index (χ1v) is 6.74. The fraction of sp³-hybridized carbons (Fsp3) is 0.133. The Morgan fingerprint density at radius 1 is 1.45 bits per heavy atom. The fourth-order valence-corrected chi connectivity index (χ4v) is 2.32. The van der Waals surface area contributed by atoms with E-state index >= 15 is 0 Å². The number of amides is 1. The highest BCUT2D eigenvalue weighted by Crippen LogP contribution is 2.18. The van der Waals surface area contributed by atoms with E-state index in [0.717, 1.165) is 5.56 Å². The molecule has 1 heterocycles. The third-order valence-electron chi connectivity index (χ3n) is 2.53. The van der Waals surface area contributed by atoms with E-state index in [1.54, 1.807) is 24.4 Å². The van der Waals surface area contributed by atoms with Crippen LogP contribution in [0.1, 0.15) is 20.8 Å². The van der Waals surface area contributed by atoms with Gasteiger partial charge in [0, 0.05) is 5.38 Å². The average Bonchev–Trinajstić information content (AvgIpc) is 2.88. The summed E-state index contributed by atoms with van der Waals surface area (Å²) in [7, 11) is 0. The number of rotatable bonds is 2. The van der Waals surface area contributed by atoms with Crippen LogP contribution in [0.4, 0.5) is 10.1 Å². The monoisotopic (exact) mass is 289 g/mol. The molecular formula is C15H12FNO2S. The van der Waals surface area contributed by atoms with E-state index in [9.17, 15) is 9.18 Å². The molecule has 0 aliphatic heterocycles. The molecule has 0 unspecified atom stereocenters. The maximum absolute atomic E-state index is 13.6. The van der Waals surface area contributed by atoms with Crippen LogP contribution in [-0.2, 0) is 0 Å². The first kappa shape index (κ1) is 14.3. The van der Waals surface area contributed by atoms with Gasteiger partial charge in [-0.15, -0.1) is 11.3 Å². The Labute approximate surface area is 120 Å². The van der Waals surface area contributed by atoms with Crippen molar-refractivity contribution in [1.82, 2.24) is 0 Å². The molecule has 0 radical (unpaired) electrons. The summed E-state index contributed by atoms with van der Waals surface area (Å²) in [6.45, 7) is 1.55. The van der Waals surface area contributed by atoms with Gasteiger partial charge in [-0.2, -0.15) is 0 Å². The predicted octanol–water partition coefficient (Wildman–Crippen LogP) is 2.79. The fourth-order valence-electron chi connectivity index (χ4n) is 1.56. The standard InChI is InChI=1S/C15H12FNO2S/c1-10-4-5-14(13(16)7-10)17-15(19)11-8-12(20-9-11)3-2-6-18/h4-5,7-9,18H,6H2,1H3,(H,17,19). The molecule has 0 aliphatic carbocycles. The molecule has 2 rings (SSSR count). The van der Waals surface area contributed by atoms with Gasteiger partial charge in [-0.3, -0.25) is 4.79 Å². The molecule has 0 aliphatic rings. The normalized spacial score (nSPS) is 9.75. The molecule has 1 aromatic carbocycles. The van der Waals surface area contributed by atoms with Crippen LogP contribution in [0.25, 0.3) is 0 Å². The molecule has 20 heavy (non-hydrogen) atoms. The molecule has 0 saturated carbocycles. The number of nitrogens with one attached hydrogen (secondary N) is 1. The Kier molecular flexibility index (Phi) is 4.51. The van der Waals surface area contributed by atoms with Gasteiger partial charge in [-0.25, -0.2) is 4.39 Å². The number of hydrogen-bond donors (Lipinski definition) is 2. The summed E-state index contributed by atoms with van der Waals surface area (Å²) < 4.78 is 13.6. The lowest BCUT2D eigenvalue weighted by molar-refractivity contribution is 0.102. The van der Waals surface area contributed by atoms with Crippen molar-refractivity contribution in [2.45, 2.75) is 6.92 Å². The number of aryl methyl sites for hydroxylation is 1. The smallest absolute Gasteiger partial charge is 0.256 e. The number of thiophene rings is 1. The van der Waals surface area contributed by atoms with Crippen LogP contribution in [0.15, 0.2) is 29.6 Å². The van der Waals surface area contributed by atoms with Crippen molar-refractivity contribution in [1.29, 1.82) is 0 Å². The maximum atomic E-state index is 13.6. The number of carbonyl (C=O) groups excluding carboxylic acids is 1. The summed E-state index contributed by atoms with van der Waals surface area (Å²) in [5.74, 6) is 4.37. The van der Waals surface area contributed by atoms with Gasteiger partial charge in [0.25, 0.3) is 5.91 Å². The minimum atomic E-state index is -0.464. The largest absolute Gasteiger partial charge is 0.384 e. The molecule has 0 fully saturated rings. The molecule has 5 heteroatoms. The molecule has 0 bridgehead atoms. The predicted molar refractivity (Wildman–Crippen MR) is 77.4 cm³/mol. The quantitative estimate of drug-likeness (QED) is 0.835. The molecule has 0 saturated heterocycles. The second-order valence-corrected chi connectivity index (χ2v) is 5.01. The van der Waals surface area contributed by atoms with E-state index in [1.807, 2.05) is 0 Å². The highest BCUT2D eigenvalue weighted by atomic mass is 32.1. The molecular weight excluding hydrogens is 277 g/mol. The van der Waals surface area contributed by atoms with Crippen molar-refractivity contribution < 1.29 is 14.3 Å².